The van der Waals surface area contributed by atoms with Crippen molar-refractivity contribution in [1.82, 2.24) is 15.1 Å². The number of nitrogens with one attached hydrogen (secondary N) is 1. The summed E-state index contributed by atoms with van der Waals surface area (Å²) >= 11 is 0. The Balaban J connectivity index is 1.22. The van der Waals surface area contributed by atoms with Gasteiger partial charge in [-0.05, 0) is 68.9 Å². The Kier molecular flexibility index (Phi) is 5.14. The minimum Gasteiger partial charge on any atom is -0.340 e. The molecule has 2 saturated heterocycles. The van der Waals surface area contributed by atoms with E-state index in [-0.39, 0.29) is 0 Å². The van der Waals surface area contributed by atoms with Crippen LogP contribution in [0.3, 0.4) is 0 Å². The summed E-state index contributed by atoms with van der Waals surface area (Å²) < 4.78 is 0. The van der Waals surface area contributed by atoms with Crippen LogP contribution in [-0.2, 0) is 4.79 Å². The lowest BCUT2D eigenvalue weighted by atomic mass is 9.84. The fourth-order valence-electron chi connectivity index (χ4n) is 5.95. The van der Waals surface area contributed by atoms with Crippen LogP contribution in [0.1, 0.15) is 51.9 Å². The van der Waals surface area contributed by atoms with Gasteiger partial charge in [0.15, 0.2) is 0 Å². The van der Waals surface area contributed by atoms with Crippen molar-refractivity contribution in [2.45, 2.75) is 57.9 Å². The van der Waals surface area contributed by atoms with Crippen molar-refractivity contribution in [2.24, 2.45) is 23.7 Å². The van der Waals surface area contributed by atoms with Crippen LogP contribution >= 0.6 is 0 Å². The van der Waals surface area contributed by atoms with Gasteiger partial charge in [0.25, 0.3) is 0 Å². The molecule has 1 N–H and O–H groups in total. The fourth-order valence-corrected chi connectivity index (χ4v) is 5.95. The van der Waals surface area contributed by atoms with Crippen LogP contribution in [0.5, 0.6) is 0 Å². The highest BCUT2D eigenvalue weighted by Crippen LogP contribution is 2.46. The third-order valence-electron chi connectivity index (χ3n) is 7.52. The van der Waals surface area contributed by atoms with Gasteiger partial charge in [-0.3, -0.25) is 9.69 Å². The highest BCUT2D eigenvalue weighted by molar-refractivity contribution is 5.76. The highest BCUT2D eigenvalue weighted by Gasteiger charge is 2.43. The maximum Gasteiger partial charge on any atom is 0.222 e. The second kappa shape index (κ2) is 7.33. The Labute approximate surface area is 147 Å². The minimum atomic E-state index is 0.411. The van der Waals surface area contributed by atoms with Crippen LogP contribution < -0.4 is 5.32 Å². The second-order valence-electron chi connectivity index (χ2n) is 8.93. The fraction of sp³-hybridized carbons (Fsp3) is 0.950. The summed E-state index contributed by atoms with van der Waals surface area (Å²) in [5, 5.41) is 3.43. The lowest BCUT2D eigenvalue weighted by Crippen LogP contribution is -2.53. The van der Waals surface area contributed by atoms with Gasteiger partial charge in [-0.2, -0.15) is 0 Å². The maximum atomic E-state index is 12.7. The molecule has 0 spiro atoms. The van der Waals surface area contributed by atoms with E-state index in [2.05, 4.69) is 22.0 Å². The summed E-state index contributed by atoms with van der Waals surface area (Å²) in [6.45, 7) is 8.70. The number of hydrogen-bond acceptors (Lipinski definition) is 3. The number of piperazine rings is 1. The summed E-state index contributed by atoms with van der Waals surface area (Å²) in [7, 11) is 0. The molecule has 4 heteroatoms. The van der Waals surface area contributed by atoms with Crippen LogP contribution in [-0.4, -0.2) is 61.0 Å². The van der Waals surface area contributed by atoms with Crippen molar-refractivity contribution in [3.05, 3.63) is 0 Å². The van der Waals surface area contributed by atoms with Crippen molar-refractivity contribution >= 4 is 5.91 Å². The van der Waals surface area contributed by atoms with Gasteiger partial charge >= 0.3 is 0 Å². The van der Waals surface area contributed by atoms with Gasteiger partial charge in [0.2, 0.25) is 5.91 Å². The average Bonchev–Trinajstić information content (AvgIpc) is 3.26. The lowest BCUT2D eigenvalue weighted by Gasteiger charge is -2.41. The molecule has 136 valence electrons. The number of amides is 1. The molecule has 2 aliphatic heterocycles. The molecule has 2 aliphatic carbocycles. The lowest BCUT2D eigenvalue weighted by molar-refractivity contribution is -0.134. The first-order valence-electron chi connectivity index (χ1n) is 10.4. The van der Waals surface area contributed by atoms with E-state index in [0.29, 0.717) is 11.8 Å². The Morgan fingerprint density at radius 3 is 2.42 bits per heavy atom. The van der Waals surface area contributed by atoms with Crippen LogP contribution in [0.15, 0.2) is 0 Å². The Morgan fingerprint density at radius 1 is 1.04 bits per heavy atom. The van der Waals surface area contributed by atoms with E-state index in [0.717, 1.165) is 69.5 Å². The topological polar surface area (TPSA) is 35.6 Å². The minimum absolute atomic E-state index is 0.411. The number of fused-ring (bicyclic) bond motifs is 2. The molecule has 2 heterocycles. The Bertz CT molecular complexity index is 440. The van der Waals surface area contributed by atoms with E-state index in [4.69, 9.17) is 0 Å². The summed E-state index contributed by atoms with van der Waals surface area (Å²) in [5.41, 5.74) is 0. The first-order valence-corrected chi connectivity index (χ1v) is 10.4. The van der Waals surface area contributed by atoms with Crippen LogP contribution in [0, 0.1) is 23.7 Å². The second-order valence-corrected chi connectivity index (χ2v) is 8.93. The predicted molar refractivity (Wildman–Crippen MR) is 96.8 cm³/mol. The molecule has 4 rings (SSSR count). The van der Waals surface area contributed by atoms with Gasteiger partial charge < -0.3 is 10.2 Å². The Hall–Kier alpha value is -0.610. The molecule has 4 aliphatic rings. The molecule has 4 fully saturated rings. The quantitative estimate of drug-likeness (QED) is 0.858. The molecule has 1 amide bonds. The van der Waals surface area contributed by atoms with E-state index < -0.39 is 0 Å². The number of nitrogens with zero attached hydrogens (tertiary/aromatic N) is 2. The van der Waals surface area contributed by atoms with Crippen molar-refractivity contribution in [3.8, 4) is 0 Å². The van der Waals surface area contributed by atoms with E-state index in [1.807, 2.05) is 0 Å². The van der Waals surface area contributed by atoms with Crippen LogP contribution in [0.2, 0.25) is 0 Å². The molecule has 0 aromatic rings. The van der Waals surface area contributed by atoms with E-state index in [1.54, 1.807) is 0 Å². The van der Waals surface area contributed by atoms with E-state index in [9.17, 15) is 4.79 Å². The largest absolute Gasteiger partial charge is 0.340 e. The number of hydrogen-bond donors (Lipinski definition) is 1. The molecular formula is C20H35N3O. The summed E-state index contributed by atoms with van der Waals surface area (Å²) in [5.74, 6) is 3.69. The average molecular weight is 334 g/mol. The van der Waals surface area contributed by atoms with Gasteiger partial charge in [-0.1, -0.05) is 13.3 Å². The molecule has 2 bridgehead atoms. The number of piperidine rings is 1. The summed E-state index contributed by atoms with van der Waals surface area (Å²) in [6.07, 6.45) is 9.11. The van der Waals surface area contributed by atoms with Crippen molar-refractivity contribution < 1.29 is 4.79 Å². The van der Waals surface area contributed by atoms with E-state index in [1.165, 1.54) is 38.5 Å². The normalized spacial score (nSPS) is 36.2. The Morgan fingerprint density at radius 2 is 1.79 bits per heavy atom. The van der Waals surface area contributed by atoms with Crippen molar-refractivity contribution in [3.63, 3.8) is 0 Å². The monoisotopic (exact) mass is 333 g/mol. The van der Waals surface area contributed by atoms with Gasteiger partial charge in [-0.25, -0.2) is 0 Å². The molecule has 0 radical (unpaired) electrons. The summed E-state index contributed by atoms with van der Waals surface area (Å²) in [6, 6.07) is 0.842. The molecule has 4 nitrogen and oxygen atoms in total. The highest BCUT2D eigenvalue weighted by atomic mass is 16.2. The van der Waals surface area contributed by atoms with Gasteiger partial charge in [0.05, 0.1) is 0 Å². The zero-order valence-corrected chi connectivity index (χ0v) is 15.4. The van der Waals surface area contributed by atoms with Crippen molar-refractivity contribution in [2.75, 3.05) is 39.3 Å². The maximum absolute atomic E-state index is 12.7. The molecule has 0 aromatic carbocycles. The van der Waals surface area contributed by atoms with Gasteiger partial charge in [0, 0.05) is 38.6 Å². The van der Waals surface area contributed by atoms with Crippen LogP contribution in [0.4, 0.5) is 0 Å². The molecule has 0 aromatic heterocycles. The smallest absolute Gasteiger partial charge is 0.222 e. The zero-order chi connectivity index (χ0) is 16.5. The molecule has 4 atom stereocenters. The predicted octanol–water partition coefficient (Wildman–Crippen LogP) is 2.34. The number of rotatable bonds is 4. The van der Waals surface area contributed by atoms with Gasteiger partial charge in [-0.15, -0.1) is 0 Å². The number of carbonyl (C=O) groups excluding carboxylic acids is 1. The molecular weight excluding hydrogens is 298 g/mol. The van der Waals surface area contributed by atoms with Crippen molar-refractivity contribution in [1.29, 1.82) is 0 Å². The van der Waals surface area contributed by atoms with Crippen LogP contribution in [0.25, 0.3) is 0 Å². The molecule has 2 saturated carbocycles. The summed E-state index contributed by atoms with van der Waals surface area (Å²) in [4.78, 5) is 17.6. The number of carbonyl (C=O) groups is 1. The first kappa shape index (κ1) is 16.8. The third-order valence-corrected chi connectivity index (χ3v) is 7.52. The molecule has 24 heavy (non-hydrogen) atoms. The molecule has 4 unspecified atom stereocenters. The zero-order valence-electron chi connectivity index (χ0n) is 15.4. The van der Waals surface area contributed by atoms with E-state index >= 15 is 0 Å². The standard InChI is InChI=1S/C20H35N3O/c1-15(17-4-6-21-7-5-17)12-20(24)23-10-8-22(9-11-23)19-14-16-2-3-18(19)13-16/h15-19,21H,2-14H2,1H3. The van der Waals surface area contributed by atoms with Gasteiger partial charge in [0.1, 0.15) is 0 Å². The third kappa shape index (κ3) is 3.50. The SMILES string of the molecule is CC(CC(=O)N1CCN(C2CC3CCC2C3)CC1)C1CCNCC1. The first-order chi connectivity index (χ1) is 11.7.